The van der Waals surface area contributed by atoms with E-state index in [1.807, 2.05) is 36.9 Å². The fourth-order valence-electron chi connectivity index (χ4n) is 4.06. The lowest BCUT2D eigenvalue weighted by Crippen LogP contribution is -2.42. The smallest absolute Gasteiger partial charge is 0.339 e. The Hall–Kier alpha value is -3.36. The standard InChI is InChI=1S/C24H25F3N4O2/c1-15(2)31-14-17-13-18(7-8-21(17)29-31)28-22(32)16-9-11-30(12-10-16)23(33)19-5-3-4-6-20(19)24(25,26)27/h3-8,13-16H,9-12H2,1-2H3,(H,28,32). The third-order valence-corrected chi connectivity index (χ3v) is 5.93. The minimum absolute atomic E-state index is 0.159. The highest BCUT2D eigenvalue weighted by molar-refractivity contribution is 5.97. The number of alkyl halides is 3. The van der Waals surface area contributed by atoms with Crippen molar-refractivity contribution in [1.82, 2.24) is 14.7 Å². The summed E-state index contributed by atoms with van der Waals surface area (Å²) < 4.78 is 41.6. The number of aromatic nitrogens is 2. The van der Waals surface area contributed by atoms with E-state index in [0.717, 1.165) is 17.0 Å². The minimum Gasteiger partial charge on any atom is -0.339 e. The summed E-state index contributed by atoms with van der Waals surface area (Å²) >= 11 is 0. The molecule has 9 heteroatoms. The van der Waals surface area contributed by atoms with Crippen molar-refractivity contribution in [2.24, 2.45) is 5.92 Å². The topological polar surface area (TPSA) is 67.2 Å². The zero-order valence-electron chi connectivity index (χ0n) is 18.4. The lowest BCUT2D eigenvalue weighted by atomic mass is 9.94. The predicted octanol–water partition coefficient (Wildman–Crippen LogP) is 5.13. The molecule has 0 spiro atoms. The molecule has 1 aliphatic heterocycles. The van der Waals surface area contributed by atoms with Gasteiger partial charge in [-0.15, -0.1) is 0 Å². The fourth-order valence-corrected chi connectivity index (χ4v) is 4.06. The number of carbonyl (C=O) groups is 2. The maximum atomic E-state index is 13.3. The van der Waals surface area contributed by atoms with Crippen LogP contribution in [0.3, 0.4) is 0 Å². The van der Waals surface area contributed by atoms with Gasteiger partial charge in [-0.05, 0) is 57.0 Å². The largest absolute Gasteiger partial charge is 0.417 e. The first-order valence-corrected chi connectivity index (χ1v) is 10.9. The summed E-state index contributed by atoms with van der Waals surface area (Å²) in [6.07, 6.45) is -1.89. The number of likely N-dealkylation sites (tertiary alicyclic amines) is 1. The van der Waals surface area contributed by atoms with Crippen molar-refractivity contribution in [2.45, 2.75) is 38.9 Å². The van der Waals surface area contributed by atoms with E-state index < -0.39 is 17.6 Å². The Balaban J connectivity index is 1.39. The van der Waals surface area contributed by atoms with E-state index in [0.29, 0.717) is 18.5 Å². The number of nitrogens with one attached hydrogen (secondary N) is 1. The summed E-state index contributed by atoms with van der Waals surface area (Å²) in [5.74, 6) is -1.14. The summed E-state index contributed by atoms with van der Waals surface area (Å²) in [5, 5.41) is 8.33. The van der Waals surface area contributed by atoms with Crippen molar-refractivity contribution < 1.29 is 22.8 Å². The monoisotopic (exact) mass is 458 g/mol. The average Bonchev–Trinajstić information content (AvgIpc) is 3.22. The quantitative estimate of drug-likeness (QED) is 0.590. The molecule has 0 atom stereocenters. The highest BCUT2D eigenvalue weighted by Gasteiger charge is 2.37. The molecular formula is C24H25F3N4O2. The Labute approximate surface area is 189 Å². The molecule has 1 saturated heterocycles. The van der Waals surface area contributed by atoms with Crippen LogP contribution in [0.15, 0.2) is 48.7 Å². The van der Waals surface area contributed by atoms with Crippen molar-refractivity contribution >= 4 is 28.4 Å². The number of amides is 2. The van der Waals surface area contributed by atoms with Crippen molar-refractivity contribution in [3.05, 3.63) is 59.8 Å². The van der Waals surface area contributed by atoms with Gasteiger partial charge in [0.15, 0.2) is 0 Å². The van der Waals surface area contributed by atoms with Gasteiger partial charge >= 0.3 is 6.18 Å². The number of hydrogen-bond acceptors (Lipinski definition) is 3. The van der Waals surface area contributed by atoms with Gasteiger partial charge in [0, 0.05) is 42.3 Å². The number of anilines is 1. The first-order chi connectivity index (χ1) is 15.6. The predicted molar refractivity (Wildman–Crippen MR) is 119 cm³/mol. The second-order valence-electron chi connectivity index (χ2n) is 8.58. The molecule has 0 saturated carbocycles. The maximum absolute atomic E-state index is 13.3. The molecule has 1 aromatic heterocycles. The van der Waals surface area contributed by atoms with Gasteiger partial charge in [0.05, 0.1) is 16.6 Å². The van der Waals surface area contributed by atoms with Crippen molar-refractivity contribution in [3.63, 3.8) is 0 Å². The molecule has 0 radical (unpaired) electrons. The van der Waals surface area contributed by atoms with E-state index in [4.69, 9.17) is 0 Å². The molecule has 1 aliphatic rings. The van der Waals surface area contributed by atoms with Gasteiger partial charge in [0.2, 0.25) is 5.91 Å². The van der Waals surface area contributed by atoms with Crippen LogP contribution in [0.5, 0.6) is 0 Å². The van der Waals surface area contributed by atoms with Crippen LogP contribution >= 0.6 is 0 Å². The lowest BCUT2D eigenvalue weighted by Gasteiger charge is -2.32. The Morgan fingerprint density at radius 1 is 1.09 bits per heavy atom. The molecule has 0 aliphatic carbocycles. The van der Waals surface area contributed by atoms with Crippen LogP contribution in [-0.4, -0.2) is 39.6 Å². The van der Waals surface area contributed by atoms with Gasteiger partial charge in [-0.25, -0.2) is 0 Å². The Bertz CT molecular complexity index is 1180. The number of fused-ring (bicyclic) bond motifs is 1. The maximum Gasteiger partial charge on any atom is 0.417 e. The molecule has 0 bridgehead atoms. The molecule has 1 fully saturated rings. The van der Waals surface area contributed by atoms with Crippen molar-refractivity contribution in [2.75, 3.05) is 18.4 Å². The number of nitrogens with zero attached hydrogens (tertiary/aromatic N) is 3. The third kappa shape index (κ3) is 4.86. The fraction of sp³-hybridized carbons (Fsp3) is 0.375. The van der Waals surface area contributed by atoms with Crippen LogP contribution in [0.4, 0.5) is 18.9 Å². The van der Waals surface area contributed by atoms with Gasteiger partial charge in [-0.3, -0.25) is 14.3 Å². The molecule has 6 nitrogen and oxygen atoms in total. The van der Waals surface area contributed by atoms with Crippen LogP contribution in [0, 0.1) is 5.92 Å². The summed E-state index contributed by atoms with van der Waals surface area (Å²) in [7, 11) is 0. The van der Waals surface area contributed by atoms with Gasteiger partial charge in [-0.2, -0.15) is 18.3 Å². The van der Waals surface area contributed by atoms with E-state index in [9.17, 15) is 22.8 Å². The second kappa shape index (κ2) is 8.88. The van der Waals surface area contributed by atoms with Crippen LogP contribution in [0.2, 0.25) is 0 Å². The molecule has 2 aromatic carbocycles. The molecular weight excluding hydrogens is 433 g/mol. The SMILES string of the molecule is CC(C)n1cc2cc(NC(=O)C3CCN(C(=O)c4ccccc4C(F)(F)F)CC3)ccc2n1. The third-order valence-electron chi connectivity index (χ3n) is 5.93. The van der Waals surface area contributed by atoms with Crippen LogP contribution < -0.4 is 5.32 Å². The number of benzene rings is 2. The van der Waals surface area contributed by atoms with E-state index in [1.165, 1.54) is 23.1 Å². The van der Waals surface area contributed by atoms with E-state index in [1.54, 1.807) is 6.07 Å². The van der Waals surface area contributed by atoms with Gasteiger partial charge < -0.3 is 10.2 Å². The van der Waals surface area contributed by atoms with Crippen LogP contribution in [0.1, 0.15) is 48.7 Å². The molecule has 2 amide bonds. The normalized spacial score (nSPS) is 15.3. The minimum atomic E-state index is -4.60. The van der Waals surface area contributed by atoms with Gasteiger partial charge in [-0.1, -0.05) is 12.1 Å². The molecule has 3 aromatic rings. The number of carbonyl (C=O) groups excluding carboxylic acids is 2. The first-order valence-electron chi connectivity index (χ1n) is 10.9. The molecule has 174 valence electrons. The Morgan fingerprint density at radius 2 is 1.79 bits per heavy atom. The Kier molecular flexibility index (Phi) is 6.14. The number of piperidine rings is 1. The van der Waals surface area contributed by atoms with Crippen LogP contribution in [0.25, 0.3) is 10.9 Å². The highest BCUT2D eigenvalue weighted by Crippen LogP contribution is 2.33. The number of halogens is 3. The van der Waals surface area contributed by atoms with Crippen molar-refractivity contribution in [3.8, 4) is 0 Å². The molecule has 1 N–H and O–H groups in total. The number of rotatable bonds is 4. The number of hydrogen-bond donors (Lipinski definition) is 1. The summed E-state index contributed by atoms with van der Waals surface area (Å²) in [4.78, 5) is 26.9. The van der Waals surface area contributed by atoms with E-state index in [2.05, 4.69) is 10.4 Å². The molecule has 0 unspecified atom stereocenters. The molecule has 4 rings (SSSR count). The lowest BCUT2D eigenvalue weighted by molar-refractivity contribution is -0.138. The van der Waals surface area contributed by atoms with Gasteiger partial charge in [0.1, 0.15) is 0 Å². The van der Waals surface area contributed by atoms with Gasteiger partial charge in [0.25, 0.3) is 5.91 Å². The van der Waals surface area contributed by atoms with E-state index >= 15 is 0 Å². The summed E-state index contributed by atoms with van der Waals surface area (Å²) in [6, 6.07) is 10.5. The summed E-state index contributed by atoms with van der Waals surface area (Å²) in [5.41, 5.74) is 0.204. The zero-order valence-corrected chi connectivity index (χ0v) is 18.4. The highest BCUT2D eigenvalue weighted by atomic mass is 19.4. The average molecular weight is 458 g/mol. The summed E-state index contributed by atoms with van der Waals surface area (Å²) in [6.45, 7) is 4.52. The first kappa shape index (κ1) is 22.8. The van der Waals surface area contributed by atoms with E-state index in [-0.39, 0.29) is 36.5 Å². The van der Waals surface area contributed by atoms with Crippen molar-refractivity contribution in [1.29, 1.82) is 0 Å². The van der Waals surface area contributed by atoms with Crippen LogP contribution in [-0.2, 0) is 11.0 Å². The zero-order chi connectivity index (χ0) is 23.8. The molecule has 33 heavy (non-hydrogen) atoms. The second-order valence-corrected chi connectivity index (χ2v) is 8.58. The Morgan fingerprint density at radius 3 is 2.45 bits per heavy atom. The molecule has 2 heterocycles.